The fourth-order valence-corrected chi connectivity index (χ4v) is 5.83. The predicted octanol–water partition coefficient (Wildman–Crippen LogP) is 3.03. The lowest BCUT2D eigenvalue weighted by Gasteiger charge is -2.35. The van der Waals surface area contributed by atoms with Crippen molar-refractivity contribution in [1.29, 1.82) is 0 Å². The van der Waals surface area contributed by atoms with Gasteiger partial charge in [0.15, 0.2) is 0 Å². The van der Waals surface area contributed by atoms with Gasteiger partial charge in [-0.05, 0) is 43.2 Å². The number of likely N-dealkylation sites (tertiary alicyclic amines) is 1. The third-order valence-electron chi connectivity index (χ3n) is 4.96. The molecule has 3 nitrogen and oxygen atoms in total. The molecule has 4 heterocycles. The molecule has 0 bridgehead atoms. The maximum absolute atomic E-state index is 12.9. The van der Waals surface area contributed by atoms with Crippen LogP contribution in [0.2, 0.25) is 0 Å². The van der Waals surface area contributed by atoms with Gasteiger partial charge >= 0.3 is 0 Å². The number of hydrogen-bond acceptors (Lipinski definition) is 4. The summed E-state index contributed by atoms with van der Waals surface area (Å²) in [7, 11) is 0. The largest absolute Gasteiger partial charge is 0.332 e. The molecule has 2 fully saturated rings. The zero-order valence-corrected chi connectivity index (χ0v) is 13.3. The minimum absolute atomic E-state index is 0.0390. The Balaban J connectivity index is 1.67. The highest BCUT2D eigenvalue weighted by atomic mass is 32.1. The van der Waals surface area contributed by atoms with Crippen LogP contribution in [0.5, 0.6) is 0 Å². The predicted molar refractivity (Wildman–Crippen MR) is 84.7 cm³/mol. The summed E-state index contributed by atoms with van der Waals surface area (Å²) in [6.45, 7) is 7.43. The molecule has 2 atom stereocenters. The molecule has 4 rings (SSSR count). The highest BCUT2D eigenvalue weighted by Gasteiger charge is 2.51. The minimum atomic E-state index is -0.0390. The van der Waals surface area contributed by atoms with E-state index in [9.17, 15) is 4.79 Å². The summed E-state index contributed by atoms with van der Waals surface area (Å²) in [5.41, 5.74) is -0.0390. The topological polar surface area (TPSA) is 32.3 Å². The van der Waals surface area contributed by atoms with Gasteiger partial charge in [0.25, 0.3) is 5.91 Å². The molecule has 0 aliphatic carbocycles. The van der Waals surface area contributed by atoms with E-state index >= 15 is 0 Å². The average molecular weight is 306 g/mol. The summed E-state index contributed by atoms with van der Waals surface area (Å²) in [6.07, 6.45) is 0. The van der Waals surface area contributed by atoms with E-state index < -0.39 is 0 Å². The fraction of sp³-hybridized carbons (Fsp3) is 0.533. The van der Waals surface area contributed by atoms with Gasteiger partial charge in [-0.15, -0.1) is 22.7 Å². The highest BCUT2D eigenvalue weighted by Crippen LogP contribution is 2.42. The molecule has 2 saturated heterocycles. The summed E-state index contributed by atoms with van der Waals surface area (Å²) >= 11 is 3.35. The van der Waals surface area contributed by atoms with Crippen LogP contribution in [-0.4, -0.2) is 36.0 Å². The summed E-state index contributed by atoms with van der Waals surface area (Å²) in [5, 5.41) is 5.55. The number of carbonyl (C=O) groups is 1. The molecule has 0 radical (unpaired) electrons. The molecule has 5 heteroatoms. The second kappa shape index (κ2) is 4.29. The number of rotatable bonds is 1. The molecular weight excluding hydrogens is 288 g/mol. The van der Waals surface area contributed by atoms with Gasteiger partial charge in [0.05, 0.1) is 4.88 Å². The zero-order valence-electron chi connectivity index (χ0n) is 11.7. The molecule has 0 aromatic carbocycles. The molecule has 2 aromatic rings. The number of hydrogen-bond donors (Lipinski definition) is 1. The first-order chi connectivity index (χ1) is 9.57. The quantitative estimate of drug-likeness (QED) is 0.878. The molecule has 1 amide bonds. The first-order valence-electron chi connectivity index (χ1n) is 7.07. The standard InChI is InChI=1S/C15H18N2OS2/c1-15(2)10-7-16-6-9(10)8-17(15)14(18)13-5-12-11(20-13)3-4-19-12/h3-5,9-10,16H,6-8H2,1-2H3. The first kappa shape index (κ1) is 12.8. The van der Waals surface area contributed by atoms with Crippen molar-refractivity contribution in [2.75, 3.05) is 19.6 Å². The van der Waals surface area contributed by atoms with E-state index in [2.05, 4.69) is 41.6 Å². The Kier molecular flexibility index (Phi) is 2.75. The normalized spacial score (nSPS) is 28.2. The van der Waals surface area contributed by atoms with Crippen LogP contribution in [0.15, 0.2) is 17.5 Å². The molecule has 2 aromatic heterocycles. The molecular formula is C15H18N2OS2. The average Bonchev–Trinajstić information content (AvgIpc) is 3.10. The lowest BCUT2D eigenvalue weighted by atomic mass is 9.85. The Hall–Kier alpha value is -0.910. The number of nitrogens with one attached hydrogen (secondary N) is 1. The van der Waals surface area contributed by atoms with Gasteiger partial charge in [-0.25, -0.2) is 0 Å². The molecule has 2 unspecified atom stereocenters. The van der Waals surface area contributed by atoms with Gasteiger partial charge in [0.2, 0.25) is 0 Å². The van der Waals surface area contributed by atoms with Gasteiger partial charge in [-0.3, -0.25) is 4.79 Å². The monoisotopic (exact) mass is 306 g/mol. The van der Waals surface area contributed by atoms with Gasteiger partial charge in [-0.2, -0.15) is 0 Å². The van der Waals surface area contributed by atoms with E-state index in [1.165, 1.54) is 9.40 Å². The van der Waals surface area contributed by atoms with Crippen LogP contribution in [0.1, 0.15) is 23.5 Å². The summed E-state index contributed by atoms with van der Waals surface area (Å²) in [6, 6.07) is 4.17. The van der Waals surface area contributed by atoms with Crippen molar-refractivity contribution in [3.05, 3.63) is 22.4 Å². The summed E-state index contributed by atoms with van der Waals surface area (Å²) < 4.78 is 2.47. The second-order valence-corrected chi connectivity index (χ2v) is 8.39. The van der Waals surface area contributed by atoms with E-state index in [1.807, 2.05) is 0 Å². The van der Waals surface area contributed by atoms with Gasteiger partial charge < -0.3 is 10.2 Å². The number of fused-ring (bicyclic) bond motifs is 2. The van der Waals surface area contributed by atoms with Crippen LogP contribution in [0, 0.1) is 11.8 Å². The Bertz CT molecular complexity index is 644. The number of amides is 1. The van der Waals surface area contributed by atoms with Crippen LogP contribution < -0.4 is 5.32 Å². The van der Waals surface area contributed by atoms with Crippen LogP contribution in [0.4, 0.5) is 0 Å². The van der Waals surface area contributed by atoms with Crippen molar-refractivity contribution < 1.29 is 4.79 Å². The van der Waals surface area contributed by atoms with Crippen molar-refractivity contribution in [3.63, 3.8) is 0 Å². The Labute approximate surface area is 126 Å². The number of thiophene rings is 2. The third kappa shape index (κ3) is 1.70. The fourth-order valence-electron chi connectivity index (χ4n) is 3.77. The molecule has 20 heavy (non-hydrogen) atoms. The van der Waals surface area contributed by atoms with Gasteiger partial charge in [0, 0.05) is 34.6 Å². The molecule has 2 aliphatic rings. The summed E-state index contributed by atoms with van der Waals surface area (Å²) in [4.78, 5) is 15.9. The van der Waals surface area contributed by atoms with E-state index in [0.717, 1.165) is 24.5 Å². The maximum Gasteiger partial charge on any atom is 0.264 e. The molecule has 106 valence electrons. The molecule has 0 saturated carbocycles. The third-order valence-corrected chi connectivity index (χ3v) is 7.04. The maximum atomic E-state index is 12.9. The van der Waals surface area contributed by atoms with Gasteiger partial charge in [0.1, 0.15) is 0 Å². The molecule has 1 N–H and O–H groups in total. The smallest absolute Gasteiger partial charge is 0.264 e. The Morgan fingerprint density at radius 1 is 1.40 bits per heavy atom. The lowest BCUT2D eigenvalue weighted by Crippen LogP contribution is -2.47. The number of nitrogens with zero attached hydrogens (tertiary/aromatic N) is 1. The molecule has 0 spiro atoms. The van der Waals surface area contributed by atoms with E-state index in [4.69, 9.17) is 0 Å². The van der Waals surface area contributed by atoms with Crippen LogP contribution in [0.25, 0.3) is 9.40 Å². The summed E-state index contributed by atoms with van der Waals surface area (Å²) in [5.74, 6) is 1.43. The Morgan fingerprint density at radius 2 is 2.25 bits per heavy atom. The van der Waals surface area contributed by atoms with E-state index in [0.29, 0.717) is 11.8 Å². The van der Waals surface area contributed by atoms with E-state index in [-0.39, 0.29) is 11.4 Å². The van der Waals surface area contributed by atoms with Crippen molar-refractivity contribution in [3.8, 4) is 0 Å². The highest BCUT2D eigenvalue weighted by molar-refractivity contribution is 7.27. The molecule has 2 aliphatic heterocycles. The van der Waals surface area contributed by atoms with Crippen molar-refractivity contribution >= 4 is 38.0 Å². The first-order valence-corrected chi connectivity index (χ1v) is 8.77. The van der Waals surface area contributed by atoms with Crippen LogP contribution in [-0.2, 0) is 0 Å². The van der Waals surface area contributed by atoms with Crippen LogP contribution in [0.3, 0.4) is 0 Å². The zero-order chi connectivity index (χ0) is 13.9. The van der Waals surface area contributed by atoms with Crippen molar-refractivity contribution in [2.45, 2.75) is 19.4 Å². The minimum Gasteiger partial charge on any atom is -0.332 e. The van der Waals surface area contributed by atoms with Crippen molar-refractivity contribution in [2.24, 2.45) is 11.8 Å². The van der Waals surface area contributed by atoms with Crippen LogP contribution >= 0.6 is 22.7 Å². The Morgan fingerprint density at radius 3 is 3.00 bits per heavy atom. The second-order valence-electron chi connectivity index (χ2n) is 6.35. The van der Waals surface area contributed by atoms with E-state index in [1.54, 1.807) is 22.7 Å². The SMILES string of the molecule is CC1(C)C2CNCC2CN1C(=O)c1cc2sccc2s1. The van der Waals surface area contributed by atoms with Gasteiger partial charge in [-0.1, -0.05) is 0 Å². The van der Waals surface area contributed by atoms with Crippen molar-refractivity contribution in [1.82, 2.24) is 10.2 Å². The number of carbonyl (C=O) groups excluding carboxylic acids is 1. The lowest BCUT2D eigenvalue weighted by molar-refractivity contribution is 0.0608.